The number of phenols is 1. The minimum atomic E-state index is -5.05. The summed E-state index contributed by atoms with van der Waals surface area (Å²) in [5.41, 5.74) is 0.744. The molecule has 25 heteroatoms. The predicted octanol–water partition coefficient (Wildman–Crippen LogP) is 10.4. The van der Waals surface area contributed by atoms with Crippen LogP contribution in [0.2, 0.25) is 0 Å². The summed E-state index contributed by atoms with van der Waals surface area (Å²) in [6, 6.07) is 32.1. The zero-order valence-corrected chi connectivity index (χ0v) is 39.4. The van der Waals surface area contributed by atoms with Gasteiger partial charge >= 0.3 is 0 Å². The maximum absolute atomic E-state index is 12.7. The summed E-state index contributed by atoms with van der Waals surface area (Å²) in [4.78, 5) is -2.33. The average Bonchev–Trinajstić information content (AvgIpc) is 3.26. The van der Waals surface area contributed by atoms with Crippen molar-refractivity contribution in [1.82, 2.24) is 0 Å². The van der Waals surface area contributed by atoms with E-state index < -0.39 is 71.5 Å². The molecular formula is C42H29N7NaO13S4. The summed E-state index contributed by atoms with van der Waals surface area (Å²) in [5.74, 6) is -0.660. The van der Waals surface area contributed by atoms with Crippen molar-refractivity contribution in [2.75, 3.05) is 5.32 Å². The Balaban J connectivity index is 0.00000666. The second-order valence-corrected chi connectivity index (χ2v) is 19.8. The van der Waals surface area contributed by atoms with Crippen LogP contribution in [0, 0.1) is 0 Å². The third kappa shape index (κ3) is 10.7. The maximum Gasteiger partial charge on any atom is 0.296 e. The van der Waals surface area contributed by atoms with Crippen molar-refractivity contribution in [2.45, 2.75) is 19.6 Å². The van der Waals surface area contributed by atoms with Crippen LogP contribution in [0.3, 0.4) is 0 Å². The van der Waals surface area contributed by atoms with Crippen molar-refractivity contribution >= 4 is 148 Å². The van der Waals surface area contributed by atoms with Gasteiger partial charge in [-0.1, -0.05) is 36.4 Å². The number of nitrogens with one attached hydrogen (secondary N) is 1. The van der Waals surface area contributed by atoms with E-state index in [9.17, 15) is 57.0 Å². The van der Waals surface area contributed by atoms with Crippen LogP contribution in [0.15, 0.2) is 190 Å². The molecule has 8 aromatic carbocycles. The summed E-state index contributed by atoms with van der Waals surface area (Å²) in [7, 11) is -19.1. The Bertz CT molecular complexity index is 3880. The number of rotatable bonds is 12. The van der Waals surface area contributed by atoms with Gasteiger partial charge in [-0.3, -0.25) is 18.2 Å². The third-order valence-electron chi connectivity index (χ3n) is 9.78. The van der Waals surface area contributed by atoms with E-state index in [1.165, 1.54) is 54.6 Å². The Hall–Kier alpha value is -6.42. The van der Waals surface area contributed by atoms with E-state index in [1.54, 1.807) is 24.3 Å². The fraction of sp³-hybridized carbons (Fsp3) is 0. The molecular weight excluding hydrogens is 962 g/mol. The summed E-state index contributed by atoms with van der Waals surface area (Å²) >= 11 is 0. The molecule has 0 amide bonds. The summed E-state index contributed by atoms with van der Waals surface area (Å²) in [5, 5.41) is 40.3. The topological polar surface area (TPSA) is 324 Å². The molecule has 0 atom stereocenters. The first-order valence-corrected chi connectivity index (χ1v) is 24.4. The van der Waals surface area contributed by atoms with Crippen molar-refractivity contribution in [3.63, 3.8) is 0 Å². The first-order valence-electron chi connectivity index (χ1n) is 18.6. The van der Waals surface area contributed by atoms with E-state index in [1.807, 2.05) is 18.2 Å². The third-order valence-corrected chi connectivity index (χ3v) is 13.2. The number of azo groups is 3. The molecule has 0 aromatic heterocycles. The molecule has 1 radical (unpaired) electrons. The molecule has 8 aromatic rings. The Kier molecular flexibility index (Phi) is 13.5. The van der Waals surface area contributed by atoms with Crippen molar-refractivity contribution in [3.05, 3.63) is 140 Å². The minimum Gasteiger partial charge on any atom is -0.505 e. The molecule has 335 valence electrons. The van der Waals surface area contributed by atoms with Gasteiger partial charge in [-0.15, -0.1) is 25.6 Å². The SMILES string of the molecule is O=S(=O)(O)c1cccc(N=Nc2ccc(N=Nc3ccc(N=Nc4c(S(=O)(=O)O)cc5cc(Nc6ccccc6)ccc5c4O)c4cc(S(=O)(=O)O)ccc34)c3cc(S(=O)(=O)O)ccc23)c1.[Na]. The zero-order valence-electron chi connectivity index (χ0n) is 34.1. The van der Waals surface area contributed by atoms with Gasteiger partial charge in [0.05, 0.1) is 43.1 Å². The minimum absolute atomic E-state index is 0. The molecule has 0 heterocycles. The molecule has 0 bridgehead atoms. The first kappa shape index (κ1) is 48.5. The number of anilines is 2. The van der Waals surface area contributed by atoms with Gasteiger partial charge in [-0.25, -0.2) is 0 Å². The van der Waals surface area contributed by atoms with E-state index in [0.29, 0.717) is 5.69 Å². The molecule has 0 aliphatic carbocycles. The quantitative estimate of drug-likeness (QED) is 0.0377. The second-order valence-electron chi connectivity index (χ2n) is 14.1. The number of hydrogen-bond acceptors (Lipinski definition) is 16. The fourth-order valence-corrected chi connectivity index (χ4v) is 8.89. The molecule has 0 spiro atoms. The van der Waals surface area contributed by atoms with Gasteiger partial charge in [0.2, 0.25) is 0 Å². The van der Waals surface area contributed by atoms with Crippen LogP contribution in [-0.2, 0) is 40.5 Å². The maximum atomic E-state index is 12.7. The summed E-state index contributed by atoms with van der Waals surface area (Å²) < 4.78 is 137. The van der Waals surface area contributed by atoms with Gasteiger partial charge in [0.15, 0.2) is 5.75 Å². The second kappa shape index (κ2) is 18.7. The van der Waals surface area contributed by atoms with Gasteiger partial charge in [0, 0.05) is 67.9 Å². The molecule has 0 saturated heterocycles. The van der Waals surface area contributed by atoms with Crippen molar-refractivity contribution in [3.8, 4) is 5.75 Å². The first-order chi connectivity index (χ1) is 31.1. The van der Waals surface area contributed by atoms with Gasteiger partial charge in [-0.05, 0) is 109 Å². The normalized spacial score (nSPS) is 12.7. The van der Waals surface area contributed by atoms with Crippen molar-refractivity contribution in [2.24, 2.45) is 30.7 Å². The van der Waals surface area contributed by atoms with Crippen LogP contribution >= 0.6 is 0 Å². The van der Waals surface area contributed by atoms with Crippen molar-refractivity contribution < 1.29 is 57.0 Å². The molecule has 0 aliphatic rings. The van der Waals surface area contributed by atoms with Gasteiger partial charge < -0.3 is 10.4 Å². The fourth-order valence-electron chi connectivity index (χ4n) is 6.70. The van der Waals surface area contributed by atoms with Crippen LogP contribution in [0.1, 0.15) is 0 Å². The van der Waals surface area contributed by atoms with E-state index in [0.717, 1.165) is 48.2 Å². The molecule has 0 aliphatic heterocycles. The molecule has 0 fully saturated rings. The molecule has 67 heavy (non-hydrogen) atoms. The molecule has 20 nitrogen and oxygen atoms in total. The van der Waals surface area contributed by atoms with Crippen LogP contribution in [0.5, 0.6) is 5.75 Å². The number of phenolic OH excluding ortho intramolecular Hbond substituents is 1. The smallest absolute Gasteiger partial charge is 0.296 e. The van der Waals surface area contributed by atoms with Crippen LogP contribution in [-0.4, -0.2) is 86.5 Å². The van der Waals surface area contributed by atoms with Crippen LogP contribution < -0.4 is 5.32 Å². The van der Waals surface area contributed by atoms with Gasteiger partial charge in [-0.2, -0.15) is 38.8 Å². The molecule has 6 N–H and O–H groups in total. The van der Waals surface area contributed by atoms with Crippen LogP contribution in [0.4, 0.5) is 45.5 Å². The number of nitrogens with zero attached hydrogens (tertiary/aromatic N) is 6. The number of benzene rings is 8. The Morgan fingerprint density at radius 2 is 0.866 bits per heavy atom. The molecule has 0 unspecified atom stereocenters. The Morgan fingerprint density at radius 3 is 1.39 bits per heavy atom. The number of para-hydroxylation sites is 1. The van der Waals surface area contributed by atoms with E-state index >= 15 is 0 Å². The van der Waals surface area contributed by atoms with Gasteiger partial charge in [0.25, 0.3) is 40.5 Å². The van der Waals surface area contributed by atoms with E-state index in [2.05, 4.69) is 36.0 Å². The number of hydrogen-bond donors (Lipinski definition) is 6. The molecule has 8 rings (SSSR count). The summed E-state index contributed by atoms with van der Waals surface area (Å²) in [6.07, 6.45) is 0. The number of fused-ring (bicyclic) bond motifs is 3. The van der Waals surface area contributed by atoms with E-state index in [4.69, 9.17) is 0 Å². The van der Waals surface area contributed by atoms with Gasteiger partial charge in [0.1, 0.15) is 10.6 Å². The zero-order chi connectivity index (χ0) is 47.2. The Morgan fingerprint density at radius 1 is 0.388 bits per heavy atom. The summed E-state index contributed by atoms with van der Waals surface area (Å²) in [6.45, 7) is 0. The average molecular weight is 991 g/mol. The largest absolute Gasteiger partial charge is 0.505 e. The van der Waals surface area contributed by atoms with Crippen LogP contribution in [0.25, 0.3) is 32.3 Å². The standard InChI is InChI=1S/C42H29N7O13S4.Na/c50-42-31-12-9-26(43-25-5-2-1-3-6-25)19-24(31)20-40(66(60,61)62)41(42)49-48-39-18-16-37(33-14-11-30(23-35(33)39)65(57,58)59)46-47-38-17-15-36(32-13-10-29(22-34(32)38)64(54,55)56)45-44-27-7-4-8-28(21-27)63(51,52)53;/h1-23,43,50H,(H,51,52,53)(H,54,55,56)(H,57,58,59)(H,60,61,62);. The predicted molar refractivity (Wildman–Crippen MR) is 247 cm³/mol. The Labute approximate surface area is 402 Å². The van der Waals surface area contributed by atoms with Crippen molar-refractivity contribution in [1.29, 1.82) is 0 Å². The van der Waals surface area contributed by atoms with E-state index in [-0.39, 0.29) is 90.3 Å². The number of aromatic hydroxyl groups is 1. The monoisotopic (exact) mass is 990 g/mol. The molecule has 0 saturated carbocycles.